The normalized spacial score (nSPS) is 10.7. The molecular weight excluding hydrogens is 375 g/mol. The van der Waals surface area contributed by atoms with Crippen LogP contribution in [0, 0.1) is 17.1 Å². The maximum absolute atomic E-state index is 12.8. The second kappa shape index (κ2) is 8.91. The number of carbonyl (C=O) groups excluding carboxylic acids is 2. The fraction of sp³-hybridized carbons (Fsp3) is 0.167. The van der Waals surface area contributed by atoms with Crippen molar-refractivity contribution in [1.82, 2.24) is 0 Å². The first-order valence-electron chi connectivity index (χ1n) is 7.75. The van der Waals surface area contributed by atoms with Crippen LogP contribution in [0.4, 0.5) is 10.1 Å². The summed E-state index contributed by atoms with van der Waals surface area (Å²) in [7, 11) is -3.77. The number of hydrogen-bond acceptors (Lipinski definition) is 6. The molecule has 2 aromatic rings. The Balaban J connectivity index is 1.83. The molecule has 1 amide bonds. The average Bonchev–Trinajstić information content (AvgIpc) is 2.65. The minimum Gasteiger partial charge on any atom is -0.456 e. The smallest absolute Gasteiger partial charge is 0.307 e. The Bertz CT molecular complexity index is 982. The molecule has 27 heavy (non-hydrogen) atoms. The molecule has 0 saturated heterocycles. The standard InChI is InChI=1S/C18H15FN2O5S/c19-14-5-7-15(8-6-14)27(24,25)10-9-18(23)26-12-17(22)21-16-4-2-1-3-13(16)11-20/h1-8H,9-10,12H2,(H,21,22). The van der Waals surface area contributed by atoms with Gasteiger partial charge < -0.3 is 10.1 Å². The number of carbonyl (C=O) groups is 2. The van der Waals surface area contributed by atoms with Gasteiger partial charge in [-0.2, -0.15) is 5.26 Å². The maximum Gasteiger partial charge on any atom is 0.307 e. The highest BCUT2D eigenvalue weighted by molar-refractivity contribution is 7.91. The Morgan fingerprint density at radius 1 is 1.11 bits per heavy atom. The zero-order valence-corrected chi connectivity index (χ0v) is 14.8. The number of nitrogens with one attached hydrogen (secondary N) is 1. The lowest BCUT2D eigenvalue weighted by atomic mass is 10.2. The van der Waals surface area contributed by atoms with E-state index in [2.05, 4.69) is 5.32 Å². The molecule has 140 valence electrons. The molecule has 0 aliphatic heterocycles. The Labute approximate surface area is 155 Å². The Hall–Kier alpha value is -3.25. The van der Waals surface area contributed by atoms with E-state index in [1.165, 1.54) is 12.1 Å². The number of amides is 1. The van der Waals surface area contributed by atoms with Gasteiger partial charge >= 0.3 is 5.97 Å². The lowest BCUT2D eigenvalue weighted by Gasteiger charge is -2.08. The summed E-state index contributed by atoms with van der Waals surface area (Å²) in [5.41, 5.74) is 0.530. The fourth-order valence-electron chi connectivity index (χ4n) is 2.07. The highest BCUT2D eigenvalue weighted by atomic mass is 32.2. The van der Waals surface area contributed by atoms with Gasteiger partial charge in [0.15, 0.2) is 16.4 Å². The lowest BCUT2D eigenvalue weighted by Crippen LogP contribution is -2.22. The molecule has 2 rings (SSSR count). The van der Waals surface area contributed by atoms with Crippen LogP contribution in [0.3, 0.4) is 0 Å². The lowest BCUT2D eigenvalue weighted by molar-refractivity contribution is -0.146. The molecule has 0 heterocycles. The summed E-state index contributed by atoms with van der Waals surface area (Å²) in [5.74, 6) is -2.63. The van der Waals surface area contributed by atoms with Crippen LogP contribution in [0.2, 0.25) is 0 Å². The van der Waals surface area contributed by atoms with Crippen LogP contribution >= 0.6 is 0 Å². The molecule has 1 N–H and O–H groups in total. The van der Waals surface area contributed by atoms with Crippen molar-refractivity contribution in [2.24, 2.45) is 0 Å². The number of sulfone groups is 1. The van der Waals surface area contributed by atoms with Gasteiger partial charge in [0, 0.05) is 0 Å². The number of nitrogens with zero attached hydrogens (tertiary/aromatic N) is 1. The number of esters is 1. The summed E-state index contributed by atoms with van der Waals surface area (Å²) < 4.78 is 41.7. The number of ether oxygens (including phenoxy) is 1. The van der Waals surface area contributed by atoms with Crippen LogP contribution < -0.4 is 5.32 Å². The number of rotatable bonds is 7. The monoisotopic (exact) mass is 390 g/mol. The van der Waals surface area contributed by atoms with Crippen molar-refractivity contribution >= 4 is 27.4 Å². The van der Waals surface area contributed by atoms with Crippen LogP contribution in [0.1, 0.15) is 12.0 Å². The Morgan fingerprint density at radius 3 is 2.44 bits per heavy atom. The van der Waals surface area contributed by atoms with E-state index in [9.17, 15) is 22.4 Å². The van der Waals surface area contributed by atoms with Crippen molar-refractivity contribution in [3.8, 4) is 6.07 Å². The fourth-order valence-corrected chi connectivity index (χ4v) is 3.29. The van der Waals surface area contributed by atoms with E-state index >= 15 is 0 Å². The molecule has 9 heteroatoms. The molecule has 7 nitrogen and oxygen atoms in total. The molecule has 0 atom stereocenters. The number of nitriles is 1. The third-order valence-electron chi connectivity index (χ3n) is 3.43. The van der Waals surface area contributed by atoms with E-state index in [-0.39, 0.29) is 16.1 Å². The highest BCUT2D eigenvalue weighted by Crippen LogP contribution is 2.14. The van der Waals surface area contributed by atoms with Crippen LogP contribution in [-0.2, 0) is 24.2 Å². The van der Waals surface area contributed by atoms with Crippen molar-refractivity contribution in [1.29, 1.82) is 5.26 Å². The predicted molar refractivity (Wildman–Crippen MR) is 93.8 cm³/mol. The third kappa shape index (κ3) is 5.90. The van der Waals surface area contributed by atoms with Crippen molar-refractivity contribution < 1.29 is 27.1 Å². The predicted octanol–water partition coefficient (Wildman–Crippen LogP) is 2.04. The number of halogens is 1. The average molecular weight is 390 g/mol. The van der Waals surface area contributed by atoms with Crippen molar-refractivity contribution in [3.63, 3.8) is 0 Å². The number of anilines is 1. The van der Waals surface area contributed by atoms with Gasteiger partial charge in [-0.1, -0.05) is 12.1 Å². The number of hydrogen-bond donors (Lipinski definition) is 1. The van der Waals surface area contributed by atoms with E-state index in [0.717, 1.165) is 24.3 Å². The SMILES string of the molecule is N#Cc1ccccc1NC(=O)COC(=O)CCS(=O)(=O)c1ccc(F)cc1. The Morgan fingerprint density at radius 2 is 1.78 bits per heavy atom. The summed E-state index contributed by atoms with van der Waals surface area (Å²) in [6.07, 6.45) is -0.457. The van der Waals surface area contributed by atoms with Gasteiger partial charge in [0.1, 0.15) is 11.9 Å². The van der Waals surface area contributed by atoms with E-state index < -0.39 is 46.3 Å². The second-order valence-corrected chi connectivity index (χ2v) is 7.50. The van der Waals surface area contributed by atoms with Crippen molar-refractivity contribution in [2.75, 3.05) is 17.7 Å². The van der Waals surface area contributed by atoms with Gasteiger partial charge in [-0.15, -0.1) is 0 Å². The van der Waals surface area contributed by atoms with E-state index in [0.29, 0.717) is 0 Å². The van der Waals surface area contributed by atoms with Crippen molar-refractivity contribution in [3.05, 3.63) is 59.9 Å². The molecule has 0 aromatic heterocycles. The molecule has 0 radical (unpaired) electrons. The van der Waals surface area contributed by atoms with Gasteiger partial charge in [-0.3, -0.25) is 9.59 Å². The Kier molecular flexibility index (Phi) is 6.62. The van der Waals surface area contributed by atoms with Gasteiger partial charge in [-0.05, 0) is 36.4 Å². The highest BCUT2D eigenvalue weighted by Gasteiger charge is 2.18. The van der Waals surface area contributed by atoms with Gasteiger partial charge in [0.2, 0.25) is 0 Å². The minimum absolute atomic E-state index is 0.109. The number of benzene rings is 2. The maximum atomic E-state index is 12.8. The van der Waals surface area contributed by atoms with Gasteiger partial charge in [-0.25, -0.2) is 12.8 Å². The molecule has 0 spiro atoms. The molecule has 2 aromatic carbocycles. The zero-order chi connectivity index (χ0) is 19.9. The van der Waals surface area contributed by atoms with Crippen molar-refractivity contribution in [2.45, 2.75) is 11.3 Å². The van der Waals surface area contributed by atoms with Gasteiger partial charge in [0.25, 0.3) is 5.91 Å². The summed E-state index contributed by atoms with van der Waals surface area (Å²) in [4.78, 5) is 23.4. The van der Waals surface area contributed by atoms with Crippen LogP contribution in [0.25, 0.3) is 0 Å². The first-order valence-corrected chi connectivity index (χ1v) is 9.40. The quantitative estimate of drug-likeness (QED) is 0.572. The van der Waals surface area contributed by atoms with Crippen LogP contribution in [0.15, 0.2) is 53.4 Å². The molecule has 0 aliphatic carbocycles. The first kappa shape index (κ1) is 20.1. The summed E-state index contributed by atoms with van der Waals surface area (Å²) in [5, 5.41) is 11.4. The molecule has 0 bridgehead atoms. The zero-order valence-electron chi connectivity index (χ0n) is 14.0. The summed E-state index contributed by atoms with van der Waals surface area (Å²) in [6.45, 7) is -0.616. The van der Waals surface area contributed by atoms with E-state index in [1.54, 1.807) is 12.1 Å². The molecule has 0 saturated carbocycles. The summed E-state index contributed by atoms with van der Waals surface area (Å²) >= 11 is 0. The molecule has 0 unspecified atom stereocenters. The van der Waals surface area contributed by atoms with Gasteiger partial charge in [0.05, 0.1) is 28.3 Å². The topological polar surface area (TPSA) is 113 Å². The first-order chi connectivity index (χ1) is 12.8. The summed E-state index contributed by atoms with van der Waals surface area (Å²) in [6, 6.07) is 12.4. The minimum atomic E-state index is -3.77. The molecular formula is C18H15FN2O5S. The van der Waals surface area contributed by atoms with Crippen LogP contribution in [-0.4, -0.2) is 32.7 Å². The molecule has 0 aliphatic rings. The number of para-hydroxylation sites is 1. The second-order valence-electron chi connectivity index (χ2n) is 5.39. The van der Waals surface area contributed by atoms with Crippen LogP contribution in [0.5, 0.6) is 0 Å². The van der Waals surface area contributed by atoms with E-state index in [1.807, 2.05) is 6.07 Å². The van der Waals surface area contributed by atoms with E-state index in [4.69, 9.17) is 10.00 Å². The molecule has 0 fully saturated rings. The third-order valence-corrected chi connectivity index (χ3v) is 5.17. The largest absolute Gasteiger partial charge is 0.456 e.